The van der Waals surface area contributed by atoms with Gasteiger partial charge in [-0.1, -0.05) is 13.0 Å². The van der Waals surface area contributed by atoms with Crippen LogP contribution in [0.25, 0.3) is 0 Å². The van der Waals surface area contributed by atoms with Crippen LogP contribution >= 0.6 is 0 Å². The number of carbonyl (C=O) groups excluding carboxylic acids is 1. The SMILES string of the molecule is Cc1ccc(F)c(C(C)[C@H](NS(=O)(=O)N2CCC3(CC2)COC(=O)O3)c2n[nH]c(=O)o2)c1C. The maximum Gasteiger partial charge on any atom is 0.509 e. The number of nitrogens with one attached hydrogen (secondary N) is 2. The number of carbonyl (C=O) groups is 1. The standard InChI is InChI=1S/C20H25FN4O7S/c1-11-4-5-14(21)15(12(11)2)13(3)16(17-22-23-18(26)31-17)24-33(28,29)25-8-6-20(7-9-25)10-30-19(27)32-20/h4-5,13,16,24H,6-10H2,1-3H3,(H,23,26)/t13?,16-/m0/s1. The Kier molecular flexibility index (Phi) is 6.05. The highest BCUT2D eigenvalue weighted by Gasteiger charge is 2.47. The van der Waals surface area contributed by atoms with E-state index in [0.717, 1.165) is 5.56 Å². The van der Waals surface area contributed by atoms with Crippen LogP contribution in [0.4, 0.5) is 9.18 Å². The molecule has 33 heavy (non-hydrogen) atoms. The third-order valence-corrected chi connectivity index (χ3v) is 8.01. The summed E-state index contributed by atoms with van der Waals surface area (Å²) in [6, 6.07) is 1.79. The van der Waals surface area contributed by atoms with Gasteiger partial charge in [0.2, 0.25) is 5.89 Å². The molecule has 0 bridgehead atoms. The van der Waals surface area contributed by atoms with Crippen molar-refractivity contribution in [2.45, 2.75) is 51.2 Å². The zero-order valence-corrected chi connectivity index (χ0v) is 19.2. The molecule has 0 saturated carbocycles. The maximum atomic E-state index is 14.8. The van der Waals surface area contributed by atoms with Crippen molar-refractivity contribution in [2.75, 3.05) is 19.7 Å². The van der Waals surface area contributed by atoms with Crippen LogP contribution in [0.15, 0.2) is 21.3 Å². The van der Waals surface area contributed by atoms with Crippen LogP contribution in [0.2, 0.25) is 0 Å². The molecule has 0 aliphatic carbocycles. The van der Waals surface area contributed by atoms with Gasteiger partial charge in [-0.25, -0.2) is 19.1 Å². The minimum atomic E-state index is -4.11. The largest absolute Gasteiger partial charge is 0.509 e. The number of H-pyrrole nitrogens is 1. The van der Waals surface area contributed by atoms with Crippen molar-refractivity contribution in [2.24, 2.45) is 0 Å². The Morgan fingerprint density at radius 1 is 1.24 bits per heavy atom. The molecule has 3 heterocycles. The zero-order valence-electron chi connectivity index (χ0n) is 18.4. The number of rotatable bonds is 6. The fourth-order valence-corrected chi connectivity index (χ4v) is 5.75. The molecule has 1 spiro atoms. The Morgan fingerprint density at radius 2 is 1.94 bits per heavy atom. The van der Waals surface area contributed by atoms with Gasteiger partial charge in [0.15, 0.2) is 5.60 Å². The van der Waals surface area contributed by atoms with Crippen LogP contribution < -0.4 is 10.5 Å². The number of cyclic esters (lactones) is 1. The van der Waals surface area contributed by atoms with Gasteiger partial charge in [-0.05, 0) is 36.6 Å². The predicted molar refractivity (Wildman–Crippen MR) is 112 cm³/mol. The summed E-state index contributed by atoms with van der Waals surface area (Å²) in [5.41, 5.74) is 0.957. The average Bonchev–Trinajstić information content (AvgIpc) is 3.35. The first-order valence-corrected chi connectivity index (χ1v) is 11.9. The summed E-state index contributed by atoms with van der Waals surface area (Å²) in [6.45, 7) is 5.43. The summed E-state index contributed by atoms with van der Waals surface area (Å²) < 4.78 is 60.2. The molecule has 0 radical (unpaired) electrons. The van der Waals surface area contributed by atoms with Gasteiger partial charge < -0.3 is 13.9 Å². The molecule has 2 aromatic rings. The van der Waals surface area contributed by atoms with E-state index in [0.29, 0.717) is 11.1 Å². The summed E-state index contributed by atoms with van der Waals surface area (Å²) >= 11 is 0. The van der Waals surface area contributed by atoms with Gasteiger partial charge in [0, 0.05) is 31.8 Å². The van der Waals surface area contributed by atoms with Gasteiger partial charge >= 0.3 is 11.9 Å². The number of aromatic amines is 1. The van der Waals surface area contributed by atoms with Crippen molar-refractivity contribution in [1.29, 1.82) is 0 Å². The molecule has 1 aromatic heterocycles. The number of hydrogen-bond acceptors (Lipinski definition) is 8. The fourth-order valence-electron chi connectivity index (χ4n) is 4.31. The highest BCUT2D eigenvalue weighted by molar-refractivity contribution is 7.87. The molecule has 180 valence electrons. The van der Waals surface area contributed by atoms with E-state index in [4.69, 9.17) is 13.9 Å². The summed E-state index contributed by atoms with van der Waals surface area (Å²) in [7, 11) is -4.11. The van der Waals surface area contributed by atoms with E-state index < -0.39 is 45.5 Å². The van der Waals surface area contributed by atoms with Crippen LogP contribution in [0.5, 0.6) is 0 Å². The van der Waals surface area contributed by atoms with Crippen molar-refractivity contribution in [3.63, 3.8) is 0 Å². The normalized spacial score (nSPS) is 20.4. The molecule has 2 saturated heterocycles. The molecule has 0 amide bonds. The smallest absolute Gasteiger partial charge is 0.430 e. The first-order chi connectivity index (χ1) is 15.5. The highest BCUT2D eigenvalue weighted by Crippen LogP contribution is 2.36. The first kappa shape index (κ1) is 23.4. The number of piperidine rings is 1. The average molecular weight is 485 g/mol. The Balaban J connectivity index is 1.61. The lowest BCUT2D eigenvalue weighted by Crippen LogP contribution is -2.52. The van der Waals surface area contributed by atoms with Gasteiger partial charge in [0.25, 0.3) is 10.2 Å². The van der Waals surface area contributed by atoms with Crippen LogP contribution in [0.1, 0.15) is 54.3 Å². The lowest BCUT2D eigenvalue weighted by Gasteiger charge is -2.36. The van der Waals surface area contributed by atoms with Gasteiger partial charge in [-0.3, -0.25) is 0 Å². The van der Waals surface area contributed by atoms with Crippen molar-refractivity contribution < 1.29 is 31.5 Å². The highest BCUT2D eigenvalue weighted by atomic mass is 32.2. The van der Waals surface area contributed by atoms with Crippen LogP contribution in [0, 0.1) is 19.7 Å². The van der Waals surface area contributed by atoms with Crippen LogP contribution in [-0.2, 0) is 19.7 Å². The molecule has 1 aromatic carbocycles. The second kappa shape index (κ2) is 8.54. The van der Waals surface area contributed by atoms with E-state index in [1.807, 2.05) is 6.92 Å². The van der Waals surface area contributed by atoms with Crippen LogP contribution in [0.3, 0.4) is 0 Å². The van der Waals surface area contributed by atoms with E-state index >= 15 is 0 Å². The Hall–Kier alpha value is -2.77. The molecule has 13 heteroatoms. The van der Waals surface area contributed by atoms with Gasteiger partial charge in [0.1, 0.15) is 18.5 Å². The lowest BCUT2D eigenvalue weighted by molar-refractivity contribution is 0.0167. The second-order valence-electron chi connectivity index (χ2n) is 8.47. The molecule has 11 nitrogen and oxygen atoms in total. The van der Waals surface area contributed by atoms with Crippen LogP contribution in [-0.4, -0.2) is 54.4 Å². The molecule has 2 aliphatic heterocycles. The summed E-state index contributed by atoms with van der Waals surface area (Å²) in [5.74, 6) is -2.32. The van der Waals surface area contributed by atoms with Gasteiger partial charge in [-0.2, -0.15) is 17.4 Å². The first-order valence-electron chi connectivity index (χ1n) is 10.5. The Labute approximate surface area is 189 Å². The lowest BCUT2D eigenvalue weighted by atomic mass is 9.88. The number of aromatic nitrogens is 2. The maximum absolute atomic E-state index is 14.8. The predicted octanol–water partition coefficient (Wildman–Crippen LogP) is 1.80. The Morgan fingerprint density at radius 3 is 2.52 bits per heavy atom. The number of aryl methyl sites for hydroxylation is 1. The molecule has 1 unspecified atom stereocenters. The molecule has 2 atom stereocenters. The van der Waals surface area contributed by atoms with Crippen molar-refractivity contribution >= 4 is 16.4 Å². The fraction of sp³-hybridized carbons (Fsp3) is 0.550. The zero-order chi connectivity index (χ0) is 24.0. The Bertz CT molecular complexity index is 1220. The van der Waals surface area contributed by atoms with E-state index in [2.05, 4.69) is 14.9 Å². The van der Waals surface area contributed by atoms with E-state index in [1.54, 1.807) is 19.9 Å². The van der Waals surface area contributed by atoms with Crippen molar-refractivity contribution in [1.82, 2.24) is 19.2 Å². The number of ether oxygens (including phenoxy) is 2. The number of halogens is 1. The molecular weight excluding hydrogens is 459 g/mol. The van der Waals surface area contributed by atoms with Crippen molar-refractivity contribution in [3.05, 3.63) is 51.1 Å². The minimum absolute atomic E-state index is 0.0788. The summed E-state index contributed by atoms with van der Waals surface area (Å²) in [5, 5.41) is 5.92. The number of hydrogen-bond donors (Lipinski definition) is 2. The third-order valence-electron chi connectivity index (χ3n) is 6.41. The third kappa shape index (κ3) is 4.52. The molecular formula is C20H25FN4O7S. The topological polar surface area (TPSA) is 144 Å². The van der Waals surface area contributed by atoms with Gasteiger partial charge in [0.05, 0.1) is 0 Å². The quantitative estimate of drug-likeness (QED) is 0.591. The monoisotopic (exact) mass is 484 g/mol. The summed E-state index contributed by atoms with van der Waals surface area (Å²) in [4.78, 5) is 22.9. The molecule has 2 aliphatic rings. The molecule has 2 N–H and O–H groups in total. The van der Waals surface area contributed by atoms with Gasteiger partial charge in [-0.15, -0.1) is 5.10 Å². The molecule has 2 fully saturated rings. The number of benzene rings is 1. The minimum Gasteiger partial charge on any atom is -0.430 e. The van der Waals surface area contributed by atoms with E-state index in [9.17, 15) is 22.4 Å². The van der Waals surface area contributed by atoms with E-state index in [-0.39, 0.29) is 38.4 Å². The second-order valence-corrected chi connectivity index (χ2v) is 10.2. The number of nitrogens with zero attached hydrogens (tertiary/aromatic N) is 2. The summed E-state index contributed by atoms with van der Waals surface area (Å²) in [6.07, 6.45) is -0.228. The molecule has 4 rings (SSSR count). The van der Waals surface area contributed by atoms with Crippen molar-refractivity contribution in [3.8, 4) is 0 Å². The van der Waals surface area contributed by atoms with E-state index in [1.165, 1.54) is 10.4 Å².